The second-order valence-corrected chi connectivity index (χ2v) is 11.2. The Morgan fingerprint density at radius 1 is 0.860 bits per heavy atom. The van der Waals surface area contributed by atoms with Gasteiger partial charge in [0, 0.05) is 44.5 Å². The van der Waals surface area contributed by atoms with E-state index in [1.54, 1.807) is 42.6 Å². The van der Waals surface area contributed by atoms with Gasteiger partial charge in [-0.15, -0.1) is 11.8 Å². The van der Waals surface area contributed by atoms with Gasteiger partial charge in [-0.3, -0.25) is 14.4 Å². The molecule has 1 heterocycles. The number of aryl methyl sites for hydroxylation is 1. The molecule has 0 spiro atoms. The van der Waals surface area contributed by atoms with Crippen LogP contribution in [0.5, 0.6) is 0 Å². The number of carbonyl (C=O) groups is 3. The lowest BCUT2D eigenvalue weighted by molar-refractivity contribution is -0.116. The minimum absolute atomic E-state index is 0.0798. The van der Waals surface area contributed by atoms with E-state index in [1.807, 2.05) is 86.6 Å². The first-order valence-electron chi connectivity index (χ1n) is 14.0. The maximum atomic E-state index is 13.6. The van der Waals surface area contributed by atoms with Crippen molar-refractivity contribution in [3.63, 3.8) is 0 Å². The van der Waals surface area contributed by atoms with Crippen LogP contribution in [-0.2, 0) is 9.59 Å². The van der Waals surface area contributed by atoms with Crippen LogP contribution in [0.25, 0.3) is 17.0 Å². The fourth-order valence-corrected chi connectivity index (χ4v) is 5.58. The Morgan fingerprint density at radius 2 is 1.60 bits per heavy atom. The number of H-pyrrole nitrogens is 1. The van der Waals surface area contributed by atoms with Crippen molar-refractivity contribution in [2.24, 2.45) is 0 Å². The summed E-state index contributed by atoms with van der Waals surface area (Å²) in [4.78, 5) is 43.7. The zero-order valence-corrected chi connectivity index (χ0v) is 24.7. The smallest absolute Gasteiger partial charge is 0.272 e. The highest BCUT2D eigenvalue weighted by molar-refractivity contribution is 8.00. The summed E-state index contributed by atoms with van der Waals surface area (Å²) in [7, 11) is 0. The van der Waals surface area contributed by atoms with Gasteiger partial charge in [0.25, 0.3) is 11.8 Å². The second kappa shape index (κ2) is 13.7. The molecular formula is C35H32N4O3S. The number of anilines is 2. The summed E-state index contributed by atoms with van der Waals surface area (Å²) in [6.07, 6.45) is 4.09. The standard InChI is InChI=1S/C35H32N4O3S/c1-3-32(35(42)38-29-18-9-7-12-23(29)2)43-27-16-11-15-26(21-27)37-34(41)31(39-33(40)24-13-5-4-6-14-24)20-25-22-36-30-19-10-8-17-28(25)30/h4-22,32,36H,3H2,1-2H3,(H,37,41)(H,38,42)(H,39,40)/b31-20-. The Kier molecular flexibility index (Phi) is 9.39. The lowest BCUT2D eigenvalue weighted by atomic mass is 10.1. The second-order valence-electron chi connectivity index (χ2n) is 9.97. The SMILES string of the molecule is CCC(Sc1cccc(NC(=O)/C(=C/c2c[nH]c3ccccc23)NC(=O)c2ccccc2)c1)C(=O)Nc1ccccc1C. The number of aromatic amines is 1. The summed E-state index contributed by atoms with van der Waals surface area (Å²) < 4.78 is 0. The average molecular weight is 589 g/mol. The van der Waals surface area contributed by atoms with Crippen molar-refractivity contribution in [2.75, 3.05) is 10.6 Å². The van der Waals surface area contributed by atoms with E-state index in [4.69, 9.17) is 0 Å². The highest BCUT2D eigenvalue weighted by Gasteiger charge is 2.20. The van der Waals surface area contributed by atoms with Crippen molar-refractivity contribution in [1.82, 2.24) is 10.3 Å². The molecule has 0 aliphatic rings. The molecule has 8 heteroatoms. The number of hydrogen-bond acceptors (Lipinski definition) is 4. The molecule has 0 aliphatic carbocycles. The monoisotopic (exact) mass is 588 g/mol. The number of carbonyl (C=O) groups excluding carboxylic acids is 3. The number of nitrogens with one attached hydrogen (secondary N) is 4. The molecule has 43 heavy (non-hydrogen) atoms. The number of amides is 3. The highest BCUT2D eigenvalue weighted by atomic mass is 32.2. The van der Waals surface area contributed by atoms with E-state index in [0.29, 0.717) is 17.7 Å². The van der Waals surface area contributed by atoms with Crippen molar-refractivity contribution >= 4 is 57.8 Å². The molecule has 0 radical (unpaired) electrons. The van der Waals surface area contributed by atoms with Crippen molar-refractivity contribution in [1.29, 1.82) is 0 Å². The van der Waals surface area contributed by atoms with Gasteiger partial charge in [0.1, 0.15) is 5.70 Å². The Morgan fingerprint density at radius 3 is 2.40 bits per heavy atom. The van der Waals surface area contributed by atoms with Crippen LogP contribution in [0.1, 0.15) is 34.8 Å². The molecule has 5 aromatic rings. The van der Waals surface area contributed by atoms with Crippen LogP contribution in [0.15, 0.2) is 120 Å². The first-order chi connectivity index (χ1) is 20.9. The number of hydrogen-bond donors (Lipinski definition) is 4. The summed E-state index contributed by atoms with van der Waals surface area (Å²) in [5, 5.41) is 9.34. The summed E-state index contributed by atoms with van der Waals surface area (Å²) in [6.45, 7) is 3.93. The van der Waals surface area contributed by atoms with Crippen LogP contribution in [0.2, 0.25) is 0 Å². The molecule has 3 amide bonds. The molecule has 0 fully saturated rings. The van der Waals surface area contributed by atoms with E-state index in [9.17, 15) is 14.4 Å². The maximum absolute atomic E-state index is 13.6. The average Bonchev–Trinajstić information content (AvgIpc) is 3.44. The lowest BCUT2D eigenvalue weighted by Crippen LogP contribution is -2.30. The van der Waals surface area contributed by atoms with Crippen LogP contribution in [-0.4, -0.2) is 28.0 Å². The van der Waals surface area contributed by atoms with E-state index in [0.717, 1.165) is 32.6 Å². The van der Waals surface area contributed by atoms with E-state index in [-0.39, 0.29) is 16.9 Å². The van der Waals surface area contributed by atoms with Crippen molar-refractivity contribution in [3.05, 3.63) is 132 Å². The number of thioether (sulfide) groups is 1. The zero-order chi connectivity index (χ0) is 30.2. The highest BCUT2D eigenvalue weighted by Crippen LogP contribution is 2.29. The number of rotatable bonds is 10. The molecule has 7 nitrogen and oxygen atoms in total. The van der Waals surface area contributed by atoms with E-state index >= 15 is 0 Å². The van der Waals surface area contributed by atoms with Crippen LogP contribution < -0.4 is 16.0 Å². The molecule has 4 N–H and O–H groups in total. The minimum Gasteiger partial charge on any atom is -0.361 e. The normalized spacial score (nSPS) is 12.0. The zero-order valence-electron chi connectivity index (χ0n) is 23.9. The number of benzene rings is 4. The first-order valence-corrected chi connectivity index (χ1v) is 14.9. The van der Waals surface area contributed by atoms with Crippen LogP contribution in [0.4, 0.5) is 11.4 Å². The topological polar surface area (TPSA) is 103 Å². The third-order valence-corrected chi connectivity index (χ3v) is 8.24. The molecular weight excluding hydrogens is 556 g/mol. The number of aromatic nitrogens is 1. The van der Waals surface area contributed by atoms with Gasteiger partial charge in [-0.1, -0.05) is 67.6 Å². The predicted octanol–water partition coefficient (Wildman–Crippen LogP) is 7.40. The van der Waals surface area contributed by atoms with E-state index in [1.165, 1.54) is 11.8 Å². The molecule has 0 aliphatic heterocycles. The Balaban J connectivity index is 1.35. The summed E-state index contributed by atoms with van der Waals surface area (Å²) in [6, 6.07) is 31.5. The van der Waals surface area contributed by atoms with Gasteiger partial charge in [-0.2, -0.15) is 0 Å². The molecule has 4 aromatic carbocycles. The number of fused-ring (bicyclic) bond motifs is 1. The molecule has 216 valence electrons. The summed E-state index contributed by atoms with van der Waals surface area (Å²) >= 11 is 1.43. The van der Waals surface area contributed by atoms with Gasteiger partial charge in [0.2, 0.25) is 5.91 Å². The van der Waals surface area contributed by atoms with Gasteiger partial charge in [0.05, 0.1) is 5.25 Å². The van der Waals surface area contributed by atoms with Crippen LogP contribution >= 0.6 is 11.8 Å². The lowest BCUT2D eigenvalue weighted by Gasteiger charge is -2.16. The Labute approximate surface area is 254 Å². The van der Waals surface area contributed by atoms with Gasteiger partial charge in [-0.05, 0) is 67.4 Å². The molecule has 0 saturated carbocycles. The van der Waals surface area contributed by atoms with Crippen LogP contribution in [0, 0.1) is 6.92 Å². The third-order valence-electron chi connectivity index (χ3n) is 6.89. The maximum Gasteiger partial charge on any atom is 0.272 e. The predicted molar refractivity (Wildman–Crippen MR) is 175 cm³/mol. The van der Waals surface area contributed by atoms with Gasteiger partial charge >= 0.3 is 0 Å². The molecule has 1 atom stereocenters. The quantitative estimate of drug-likeness (QED) is 0.101. The molecule has 0 saturated heterocycles. The first kappa shape index (κ1) is 29.4. The van der Waals surface area contributed by atoms with Gasteiger partial charge in [-0.25, -0.2) is 0 Å². The van der Waals surface area contributed by atoms with Crippen molar-refractivity contribution in [2.45, 2.75) is 30.4 Å². The summed E-state index contributed by atoms with van der Waals surface area (Å²) in [5.41, 5.74) is 4.56. The molecule has 1 unspecified atom stereocenters. The summed E-state index contributed by atoms with van der Waals surface area (Å²) in [5.74, 6) is -0.943. The fourth-order valence-electron chi connectivity index (χ4n) is 4.57. The van der Waals surface area contributed by atoms with Crippen molar-refractivity contribution < 1.29 is 14.4 Å². The third kappa shape index (κ3) is 7.42. The molecule has 0 bridgehead atoms. The van der Waals surface area contributed by atoms with E-state index in [2.05, 4.69) is 20.9 Å². The van der Waals surface area contributed by atoms with Gasteiger partial charge in [0.15, 0.2) is 0 Å². The molecule has 1 aromatic heterocycles. The Hall–Kier alpha value is -5.08. The van der Waals surface area contributed by atoms with Crippen molar-refractivity contribution in [3.8, 4) is 0 Å². The molecule has 5 rings (SSSR count). The van der Waals surface area contributed by atoms with Crippen LogP contribution in [0.3, 0.4) is 0 Å². The van der Waals surface area contributed by atoms with E-state index < -0.39 is 11.8 Å². The Bertz CT molecular complexity index is 1800. The number of para-hydroxylation sites is 2. The fraction of sp³-hybridized carbons (Fsp3) is 0.114. The van der Waals surface area contributed by atoms with Gasteiger partial charge < -0.3 is 20.9 Å². The largest absolute Gasteiger partial charge is 0.361 e. The minimum atomic E-state index is -0.471.